The minimum absolute atomic E-state index is 0.0570. The molecule has 1 aromatic heterocycles. The lowest BCUT2D eigenvalue weighted by Gasteiger charge is -2.29. The maximum absolute atomic E-state index is 13.0. The highest BCUT2D eigenvalue weighted by Crippen LogP contribution is 2.37. The van der Waals surface area contributed by atoms with Gasteiger partial charge in [-0.05, 0) is 19.3 Å². The largest absolute Gasteiger partial charge is 0.380 e. The minimum atomic E-state index is -3.29. The number of hydrogen-bond acceptors (Lipinski definition) is 4. The summed E-state index contributed by atoms with van der Waals surface area (Å²) in [6, 6.07) is -0.225. The molecule has 7 heteroatoms. The SMILES string of the molecule is CO[C@@H]1CC(c2ncc[nH]2)N(S(=O)(=O)C2CCCCC2)C1. The molecule has 2 heterocycles. The van der Waals surface area contributed by atoms with Crippen molar-refractivity contribution in [2.24, 2.45) is 0 Å². The van der Waals surface area contributed by atoms with Crippen molar-refractivity contribution in [1.82, 2.24) is 14.3 Å². The van der Waals surface area contributed by atoms with Gasteiger partial charge in [-0.15, -0.1) is 0 Å². The van der Waals surface area contributed by atoms with E-state index < -0.39 is 10.0 Å². The average Bonchev–Trinajstić information content (AvgIpc) is 3.17. The first-order valence-electron chi connectivity index (χ1n) is 7.65. The average molecular weight is 313 g/mol. The van der Waals surface area contributed by atoms with Crippen molar-refractivity contribution in [3.05, 3.63) is 18.2 Å². The monoisotopic (exact) mass is 313 g/mol. The van der Waals surface area contributed by atoms with Crippen LogP contribution in [0.25, 0.3) is 0 Å². The first kappa shape index (κ1) is 15.0. The van der Waals surface area contributed by atoms with E-state index in [0.29, 0.717) is 18.8 Å². The highest BCUT2D eigenvalue weighted by atomic mass is 32.2. The molecule has 3 rings (SSSR count). The van der Waals surface area contributed by atoms with Gasteiger partial charge in [0.15, 0.2) is 0 Å². The van der Waals surface area contributed by atoms with E-state index in [9.17, 15) is 8.42 Å². The molecule has 1 saturated heterocycles. The Kier molecular flexibility index (Phi) is 4.33. The molecule has 2 atom stereocenters. The van der Waals surface area contributed by atoms with E-state index in [2.05, 4.69) is 9.97 Å². The molecule has 1 aliphatic heterocycles. The van der Waals surface area contributed by atoms with Gasteiger partial charge in [0.05, 0.1) is 17.4 Å². The van der Waals surface area contributed by atoms with Crippen LogP contribution in [0.2, 0.25) is 0 Å². The summed E-state index contributed by atoms with van der Waals surface area (Å²) in [5.41, 5.74) is 0. The molecule has 1 aromatic rings. The van der Waals surface area contributed by atoms with Crippen molar-refractivity contribution in [3.63, 3.8) is 0 Å². The van der Waals surface area contributed by atoms with E-state index in [0.717, 1.165) is 32.1 Å². The first-order valence-corrected chi connectivity index (χ1v) is 9.16. The fraction of sp³-hybridized carbons (Fsp3) is 0.786. The molecule has 2 aliphatic rings. The zero-order chi connectivity index (χ0) is 14.9. The second-order valence-electron chi connectivity index (χ2n) is 5.96. The summed E-state index contributed by atoms with van der Waals surface area (Å²) in [6.07, 6.45) is 8.74. The van der Waals surface area contributed by atoms with Crippen molar-refractivity contribution in [2.45, 2.75) is 55.9 Å². The summed E-state index contributed by atoms with van der Waals surface area (Å²) in [6.45, 7) is 0.431. The number of aromatic amines is 1. The van der Waals surface area contributed by atoms with Crippen LogP contribution in [0.3, 0.4) is 0 Å². The van der Waals surface area contributed by atoms with Crippen LogP contribution in [0, 0.1) is 0 Å². The third-order valence-corrected chi connectivity index (χ3v) is 7.06. The second-order valence-corrected chi connectivity index (χ2v) is 8.12. The fourth-order valence-corrected chi connectivity index (χ4v) is 5.71. The predicted molar refractivity (Wildman–Crippen MR) is 79.2 cm³/mol. The number of ether oxygens (including phenoxy) is 1. The molecular formula is C14H23N3O3S. The summed E-state index contributed by atoms with van der Waals surface area (Å²) < 4.78 is 33.0. The molecule has 6 nitrogen and oxygen atoms in total. The van der Waals surface area contributed by atoms with Gasteiger partial charge in [-0.2, -0.15) is 4.31 Å². The first-order chi connectivity index (χ1) is 10.1. The van der Waals surface area contributed by atoms with E-state index in [1.807, 2.05) is 0 Å². The van der Waals surface area contributed by atoms with Crippen molar-refractivity contribution in [2.75, 3.05) is 13.7 Å². The number of nitrogens with zero attached hydrogens (tertiary/aromatic N) is 2. The molecule has 1 N–H and O–H groups in total. The third kappa shape index (κ3) is 2.86. The van der Waals surface area contributed by atoms with Crippen LogP contribution in [-0.2, 0) is 14.8 Å². The molecule has 2 fully saturated rings. The van der Waals surface area contributed by atoms with Crippen LogP contribution in [0.15, 0.2) is 12.4 Å². The lowest BCUT2D eigenvalue weighted by molar-refractivity contribution is 0.114. The van der Waals surface area contributed by atoms with Crippen molar-refractivity contribution in [3.8, 4) is 0 Å². The maximum atomic E-state index is 13.0. The van der Waals surface area contributed by atoms with E-state index in [1.165, 1.54) is 0 Å². The van der Waals surface area contributed by atoms with E-state index in [1.54, 1.807) is 23.8 Å². The van der Waals surface area contributed by atoms with Gasteiger partial charge in [-0.25, -0.2) is 13.4 Å². The molecule has 1 aliphatic carbocycles. The number of hydrogen-bond donors (Lipinski definition) is 1. The summed E-state index contributed by atoms with van der Waals surface area (Å²) in [5.74, 6) is 0.717. The van der Waals surface area contributed by atoms with Crippen molar-refractivity contribution >= 4 is 10.0 Å². The highest BCUT2D eigenvalue weighted by molar-refractivity contribution is 7.89. The summed E-state index contributed by atoms with van der Waals surface area (Å²) in [4.78, 5) is 7.31. The molecule has 21 heavy (non-hydrogen) atoms. The standard InChI is InChI=1S/C14H23N3O3S/c1-20-11-9-13(14-15-7-8-16-14)17(10-11)21(18,19)12-5-3-2-4-6-12/h7-8,11-13H,2-6,9-10H2,1H3,(H,15,16)/t11-,13?/m1/s1. The zero-order valence-electron chi connectivity index (χ0n) is 12.4. The van der Waals surface area contributed by atoms with Gasteiger partial charge in [-0.3, -0.25) is 0 Å². The normalized spacial score (nSPS) is 29.0. The van der Waals surface area contributed by atoms with E-state index >= 15 is 0 Å². The number of methoxy groups -OCH3 is 1. The van der Waals surface area contributed by atoms with Gasteiger partial charge in [-0.1, -0.05) is 19.3 Å². The van der Waals surface area contributed by atoms with Crippen molar-refractivity contribution < 1.29 is 13.2 Å². The third-order valence-electron chi connectivity index (χ3n) is 4.69. The van der Waals surface area contributed by atoms with Gasteiger partial charge in [0, 0.05) is 26.0 Å². The Hall–Kier alpha value is -0.920. The molecule has 0 aromatic carbocycles. The molecular weight excluding hydrogens is 290 g/mol. The predicted octanol–water partition coefficient (Wildman–Crippen LogP) is 1.83. The maximum Gasteiger partial charge on any atom is 0.217 e. The van der Waals surface area contributed by atoms with Crippen LogP contribution >= 0.6 is 0 Å². The van der Waals surface area contributed by atoms with Gasteiger partial charge in [0.25, 0.3) is 0 Å². The van der Waals surface area contributed by atoms with Crippen LogP contribution in [0.4, 0.5) is 0 Å². The molecule has 118 valence electrons. The number of H-pyrrole nitrogens is 1. The molecule has 0 bridgehead atoms. The Labute approximate surface area is 125 Å². The minimum Gasteiger partial charge on any atom is -0.380 e. The molecule has 0 amide bonds. The Morgan fingerprint density at radius 1 is 1.33 bits per heavy atom. The Balaban J connectivity index is 1.86. The molecule has 0 radical (unpaired) electrons. The summed E-state index contributed by atoms with van der Waals surface area (Å²) >= 11 is 0. The fourth-order valence-electron chi connectivity index (χ4n) is 3.48. The Morgan fingerprint density at radius 3 is 2.71 bits per heavy atom. The number of rotatable bonds is 4. The summed E-state index contributed by atoms with van der Waals surface area (Å²) in [5, 5.41) is -0.237. The second kappa shape index (κ2) is 6.06. The number of imidazole rings is 1. The van der Waals surface area contributed by atoms with Crippen LogP contribution in [0.1, 0.15) is 50.4 Å². The highest BCUT2D eigenvalue weighted by Gasteiger charge is 2.44. The van der Waals surface area contributed by atoms with Gasteiger partial charge >= 0.3 is 0 Å². The Bertz CT molecular complexity index is 552. The van der Waals surface area contributed by atoms with Gasteiger partial charge in [0.2, 0.25) is 10.0 Å². The molecule has 0 spiro atoms. The lowest BCUT2D eigenvalue weighted by atomic mass is 10.0. The zero-order valence-corrected chi connectivity index (χ0v) is 13.2. The topological polar surface area (TPSA) is 75.3 Å². The van der Waals surface area contributed by atoms with Gasteiger partial charge in [0.1, 0.15) is 5.82 Å². The van der Waals surface area contributed by atoms with Crippen molar-refractivity contribution in [1.29, 1.82) is 0 Å². The van der Waals surface area contributed by atoms with Crippen LogP contribution < -0.4 is 0 Å². The van der Waals surface area contributed by atoms with Crippen LogP contribution in [-0.4, -0.2) is 47.7 Å². The molecule has 1 unspecified atom stereocenters. The lowest BCUT2D eigenvalue weighted by Crippen LogP contribution is -2.40. The van der Waals surface area contributed by atoms with Gasteiger partial charge < -0.3 is 9.72 Å². The molecule has 1 saturated carbocycles. The number of aromatic nitrogens is 2. The number of sulfonamides is 1. The summed E-state index contributed by atoms with van der Waals surface area (Å²) in [7, 11) is -1.65. The number of nitrogens with one attached hydrogen (secondary N) is 1. The van der Waals surface area contributed by atoms with E-state index in [4.69, 9.17) is 4.74 Å². The smallest absolute Gasteiger partial charge is 0.217 e. The van der Waals surface area contributed by atoms with Crippen LogP contribution in [0.5, 0.6) is 0 Å². The Morgan fingerprint density at radius 2 is 2.10 bits per heavy atom. The quantitative estimate of drug-likeness (QED) is 0.920. The van der Waals surface area contributed by atoms with E-state index in [-0.39, 0.29) is 17.4 Å².